The van der Waals surface area contributed by atoms with E-state index in [9.17, 15) is 8.22 Å². The van der Waals surface area contributed by atoms with Gasteiger partial charge in [-0.25, -0.2) is 15.0 Å². The third kappa shape index (κ3) is 4.84. The minimum atomic E-state index is -0.860. The fourth-order valence-electron chi connectivity index (χ4n) is 4.99. The lowest BCUT2D eigenvalue weighted by molar-refractivity contribution is 0.669. The van der Waals surface area contributed by atoms with Gasteiger partial charge in [0.15, 0.2) is 17.5 Å². The van der Waals surface area contributed by atoms with Gasteiger partial charge in [-0.2, -0.15) is 0 Å². The third-order valence-corrected chi connectivity index (χ3v) is 7.12. The molecule has 2 heterocycles. The SMILES string of the molecule is [2H]c1c([2H])c([2H])c(-c2c([2H])c([2H])c3c(-c4nc(-c5ccccc5)nc(-c5c([2H])c([2H])c(-c6c([2H])c([2H])c([2H])c7oc8c([2H])c([2H])c([2H])c([2H])c8c67)c([2H])c5[2H])n4)c([2H])c([2H])c([2H])c3c2[2H])c([2H])c1[2H]. The third-order valence-electron chi connectivity index (χ3n) is 7.12. The van der Waals surface area contributed by atoms with E-state index in [1.54, 1.807) is 30.3 Å². The maximum Gasteiger partial charge on any atom is 0.164 e. The van der Waals surface area contributed by atoms with Gasteiger partial charge in [-0.3, -0.25) is 0 Å². The molecule has 0 bridgehead atoms. The lowest BCUT2D eigenvalue weighted by Crippen LogP contribution is -2.00. The Morgan fingerprint density at radius 3 is 1.94 bits per heavy atom. The zero-order chi connectivity index (χ0) is 50.3. The number of nitrogens with zero attached hydrogens (tertiary/aromatic N) is 3. The predicted molar refractivity (Wildman–Crippen MR) is 192 cm³/mol. The Morgan fingerprint density at radius 1 is 0.426 bits per heavy atom. The van der Waals surface area contributed by atoms with Crippen LogP contribution >= 0.6 is 0 Å². The van der Waals surface area contributed by atoms with E-state index >= 15 is 0 Å². The van der Waals surface area contributed by atoms with E-state index in [-0.39, 0.29) is 22.2 Å². The molecule has 2 aromatic heterocycles. The van der Waals surface area contributed by atoms with Gasteiger partial charge in [0.2, 0.25) is 0 Å². The molecule has 0 radical (unpaired) electrons. The summed E-state index contributed by atoms with van der Waals surface area (Å²) in [7, 11) is 0. The molecule has 0 saturated heterocycles. The number of para-hydroxylation sites is 1. The average molecular weight is 624 g/mol. The van der Waals surface area contributed by atoms with Crippen molar-refractivity contribution in [1.29, 1.82) is 0 Å². The van der Waals surface area contributed by atoms with Gasteiger partial charge in [0.1, 0.15) is 11.2 Å². The first kappa shape index (κ1) is 12.8. The molecule has 0 amide bonds. The fourth-order valence-corrected chi connectivity index (χ4v) is 4.99. The number of furan rings is 1. The van der Waals surface area contributed by atoms with Crippen LogP contribution in [0.3, 0.4) is 0 Å². The molecule has 0 aliphatic carbocycles. The topological polar surface area (TPSA) is 51.8 Å². The molecule has 9 rings (SSSR count). The Bertz CT molecular complexity index is 3760. The highest BCUT2D eigenvalue weighted by Gasteiger charge is 2.16. The summed E-state index contributed by atoms with van der Waals surface area (Å²) >= 11 is 0. The van der Waals surface area contributed by atoms with Crippen LogP contribution in [0, 0.1) is 0 Å². The number of rotatable bonds is 5. The normalized spacial score (nSPS) is 18.0. The zero-order valence-electron chi connectivity index (χ0n) is 45.6. The highest BCUT2D eigenvalue weighted by Crippen LogP contribution is 2.37. The van der Waals surface area contributed by atoms with Crippen LogP contribution in [0.25, 0.3) is 89.1 Å². The Balaban J connectivity index is 1.37. The standard InChI is InChI=1S/C43H27N3O/c1-3-11-28(12-4-1)32-25-26-34-33(27-32)15-9-18-36(34)43-45-41(30-13-5-2-6-14-30)44-42(46-43)31-23-21-29(22-24-31)35-17-10-20-39-40(35)37-16-7-8-19-38(37)47-39/h1-27H/i1D,3D,4D,7D,8D,9D,10D,11D,12D,15D,16D,17D,18D,19D,20D,21D,22D,23D,24D,25D,26D,27D. The molecule has 4 nitrogen and oxygen atoms in total. The van der Waals surface area contributed by atoms with Crippen LogP contribution in [0.5, 0.6) is 0 Å². The molecule has 9 aromatic rings. The van der Waals surface area contributed by atoms with Crippen LogP contribution in [0.2, 0.25) is 0 Å². The Hall–Kier alpha value is -6.39. The molecule has 7 aromatic carbocycles. The second-order valence-corrected chi connectivity index (χ2v) is 9.93. The molecule has 0 spiro atoms. The van der Waals surface area contributed by atoms with Gasteiger partial charge in [0.25, 0.3) is 0 Å². The summed E-state index contributed by atoms with van der Waals surface area (Å²) in [5.41, 5.74) is -4.14. The van der Waals surface area contributed by atoms with Gasteiger partial charge in [0.05, 0.1) is 30.2 Å². The summed E-state index contributed by atoms with van der Waals surface area (Å²) in [4.78, 5) is 13.5. The number of aromatic nitrogens is 3. The molecule has 0 N–H and O–H groups in total. The Morgan fingerprint density at radius 2 is 1.09 bits per heavy atom. The van der Waals surface area contributed by atoms with E-state index < -0.39 is 200 Å². The molecular weight excluding hydrogens is 574 g/mol. The van der Waals surface area contributed by atoms with E-state index in [2.05, 4.69) is 15.0 Å². The first-order valence-corrected chi connectivity index (χ1v) is 13.9. The van der Waals surface area contributed by atoms with E-state index in [0.717, 1.165) is 0 Å². The smallest absolute Gasteiger partial charge is 0.164 e. The molecule has 47 heavy (non-hydrogen) atoms. The van der Waals surface area contributed by atoms with Crippen molar-refractivity contribution in [2.24, 2.45) is 0 Å². The zero-order valence-corrected chi connectivity index (χ0v) is 23.6. The second kappa shape index (κ2) is 11.2. The molecule has 0 aliphatic heterocycles. The van der Waals surface area contributed by atoms with Crippen LogP contribution in [0.15, 0.2) is 168 Å². The number of hydrogen-bond donors (Lipinski definition) is 0. The van der Waals surface area contributed by atoms with Crippen molar-refractivity contribution in [3.8, 4) is 56.4 Å². The van der Waals surface area contributed by atoms with Gasteiger partial charge in [0, 0.05) is 27.5 Å². The average Bonchev–Trinajstić information content (AvgIpc) is 3.74. The predicted octanol–water partition coefficient (Wildman–Crippen LogP) is 11.3. The summed E-state index contributed by atoms with van der Waals surface area (Å²) in [6.45, 7) is 0. The van der Waals surface area contributed by atoms with Crippen molar-refractivity contribution in [3.05, 3.63) is 163 Å². The van der Waals surface area contributed by atoms with Crippen molar-refractivity contribution in [2.45, 2.75) is 0 Å². The van der Waals surface area contributed by atoms with E-state index in [1.807, 2.05) is 0 Å². The van der Waals surface area contributed by atoms with Crippen molar-refractivity contribution < 1.29 is 34.6 Å². The van der Waals surface area contributed by atoms with E-state index in [4.69, 9.17) is 26.3 Å². The van der Waals surface area contributed by atoms with Gasteiger partial charge in [-0.15, -0.1) is 0 Å². The van der Waals surface area contributed by atoms with Gasteiger partial charge < -0.3 is 4.42 Å². The van der Waals surface area contributed by atoms with Crippen LogP contribution in [0.1, 0.15) is 30.2 Å². The molecule has 0 unspecified atom stereocenters. The molecular formula is C43H27N3O. The number of fused-ring (bicyclic) bond motifs is 4. The highest BCUT2D eigenvalue weighted by atomic mass is 16.3. The lowest BCUT2D eigenvalue weighted by atomic mass is 9.98. The molecule has 4 heteroatoms. The highest BCUT2D eigenvalue weighted by molar-refractivity contribution is 6.12. The van der Waals surface area contributed by atoms with Crippen LogP contribution in [-0.2, 0) is 0 Å². The minimum Gasteiger partial charge on any atom is -0.456 e. The summed E-state index contributed by atoms with van der Waals surface area (Å²) < 4.78 is 199. The molecule has 220 valence electrons. The van der Waals surface area contributed by atoms with E-state index in [0.29, 0.717) is 0 Å². The van der Waals surface area contributed by atoms with Gasteiger partial charge >= 0.3 is 0 Å². The lowest BCUT2D eigenvalue weighted by Gasteiger charge is -2.12. The van der Waals surface area contributed by atoms with Gasteiger partial charge in [-0.05, 0) is 51.2 Å². The molecule has 0 atom stereocenters. The van der Waals surface area contributed by atoms with Crippen LogP contribution < -0.4 is 0 Å². The van der Waals surface area contributed by atoms with Crippen molar-refractivity contribution in [2.75, 3.05) is 0 Å². The van der Waals surface area contributed by atoms with Gasteiger partial charge in [-0.1, -0.05) is 145 Å². The summed E-state index contributed by atoms with van der Waals surface area (Å²) in [6, 6.07) is -9.28. The molecule has 0 aliphatic rings. The van der Waals surface area contributed by atoms with Crippen molar-refractivity contribution in [3.63, 3.8) is 0 Å². The number of benzene rings is 7. The van der Waals surface area contributed by atoms with Crippen molar-refractivity contribution in [1.82, 2.24) is 15.0 Å². The second-order valence-electron chi connectivity index (χ2n) is 9.93. The Labute approximate surface area is 302 Å². The Kier molecular flexibility index (Phi) is 3.05. The summed E-state index contributed by atoms with van der Waals surface area (Å²) in [5, 5.41) is -1.73. The minimum absolute atomic E-state index is 0.218. The van der Waals surface area contributed by atoms with Crippen LogP contribution in [0.4, 0.5) is 0 Å². The maximum atomic E-state index is 9.34. The fraction of sp³-hybridized carbons (Fsp3) is 0. The maximum absolute atomic E-state index is 9.34. The van der Waals surface area contributed by atoms with Crippen LogP contribution in [-0.4, -0.2) is 15.0 Å². The van der Waals surface area contributed by atoms with Crippen molar-refractivity contribution >= 4 is 32.7 Å². The molecule has 0 fully saturated rings. The first-order valence-electron chi connectivity index (χ1n) is 24.9. The monoisotopic (exact) mass is 623 g/mol. The van der Waals surface area contributed by atoms with E-state index in [1.165, 1.54) is 0 Å². The largest absolute Gasteiger partial charge is 0.456 e. The first-order chi connectivity index (χ1) is 32.5. The molecule has 0 saturated carbocycles. The summed E-state index contributed by atoms with van der Waals surface area (Å²) in [6.07, 6.45) is 0. The quantitative estimate of drug-likeness (QED) is 0.191. The summed E-state index contributed by atoms with van der Waals surface area (Å²) in [5.74, 6) is -1.37. The number of hydrogen-bond acceptors (Lipinski definition) is 4.